The van der Waals surface area contributed by atoms with E-state index in [1.807, 2.05) is 6.07 Å². The van der Waals surface area contributed by atoms with Gasteiger partial charge in [0, 0.05) is 24.2 Å². The minimum absolute atomic E-state index is 0.812. The van der Waals surface area contributed by atoms with Gasteiger partial charge in [-0.1, -0.05) is 11.6 Å². The number of nitrogens with zero attached hydrogens (tertiary/aromatic N) is 1. The van der Waals surface area contributed by atoms with Crippen LogP contribution in [0.3, 0.4) is 0 Å². The van der Waals surface area contributed by atoms with E-state index in [0.29, 0.717) is 0 Å². The highest BCUT2D eigenvalue weighted by Crippen LogP contribution is 2.24. The third-order valence-corrected chi connectivity index (χ3v) is 3.26. The third-order valence-electron chi connectivity index (χ3n) is 2.42. The highest BCUT2D eigenvalue weighted by molar-refractivity contribution is 7.12. The van der Waals surface area contributed by atoms with Crippen molar-refractivity contribution in [2.24, 2.45) is 0 Å². The summed E-state index contributed by atoms with van der Waals surface area (Å²) in [7, 11) is 0. The predicted octanol–water partition coefficient (Wildman–Crippen LogP) is 2.72. The third kappa shape index (κ3) is 1.87. The highest BCUT2D eigenvalue weighted by atomic mass is 32.1. The summed E-state index contributed by atoms with van der Waals surface area (Å²) < 4.78 is 0. The first-order valence-corrected chi connectivity index (χ1v) is 5.62. The predicted molar refractivity (Wildman–Crippen MR) is 60.3 cm³/mol. The van der Waals surface area contributed by atoms with E-state index in [2.05, 4.69) is 23.3 Å². The molecule has 0 spiro atoms. The fraction of sp³-hybridized carbons (Fsp3) is 0.364. The number of hydrogen-bond acceptors (Lipinski definition) is 3. The molecule has 0 aromatic carbocycles. The largest absolute Gasteiger partial charge is 0.367 e. The van der Waals surface area contributed by atoms with E-state index >= 15 is 0 Å². The van der Waals surface area contributed by atoms with Crippen LogP contribution < -0.4 is 4.90 Å². The number of thiophene rings is 1. The van der Waals surface area contributed by atoms with Crippen LogP contribution in [0, 0.1) is 0 Å². The summed E-state index contributed by atoms with van der Waals surface area (Å²) in [6.07, 6.45) is 4.31. The van der Waals surface area contributed by atoms with E-state index in [4.69, 9.17) is 0 Å². The zero-order valence-corrected chi connectivity index (χ0v) is 9.01. The molecule has 0 bridgehead atoms. The van der Waals surface area contributed by atoms with Crippen molar-refractivity contribution in [1.29, 1.82) is 0 Å². The average molecular weight is 207 g/mol. The van der Waals surface area contributed by atoms with E-state index in [0.717, 1.165) is 30.7 Å². The Labute approximate surface area is 87.9 Å². The Kier molecular flexibility index (Phi) is 2.68. The van der Waals surface area contributed by atoms with E-state index in [-0.39, 0.29) is 0 Å². The number of carbonyl (C=O) groups is 1. The topological polar surface area (TPSA) is 20.3 Å². The van der Waals surface area contributed by atoms with Crippen LogP contribution in [-0.2, 0) is 0 Å². The van der Waals surface area contributed by atoms with Gasteiger partial charge < -0.3 is 4.90 Å². The van der Waals surface area contributed by atoms with Crippen molar-refractivity contribution in [2.75, 3.05) is 18.0 Å². The molecule has 0 N–H and O–H groups in total. The zero-order chi connectivity index (χ0) is 9.97. The van der Waals surface area contributed by atoms with Crippen LogP contribution in [0.25, 0.3) is 0 Å². The molecular formula is C11H13NOS. The summed E-state index contributed by atoms with van der Waals surface area (Å²) in [6.45, 7) is 4.21. The van der Waals surface area contributed by atoms with Crippen LogP contribution in [-0.4, -0.2) is 19.4 Å². The Morgan fingerprint density at radius 3 is 3.07 bits per heavy atom. The summed E-state index contributed by atoms with van der Waals surface area (Å²) in [6, 6.07) is 1.97. The van der Waals surface area contributed by atoms with Crippen molar-refractivity contribution in [3.63, 3.8) is 0 Å². The van der Waals surface area contributed by atoms with Crippen molar-refractivity contribution in [2.45, 2.75) is 13.3 Å². The van der Waals surface area contributed by atoms with Crippen LogP contribution in [0.4, 0.5) is 5.69 Å². The number of aldehydes is 1. The van der Waals surface area contributed by atoms with Gasteiger partial charge >= 0.3 is 0 Å². The number of hydrogen-bond donors (Lipinski definition) is 0. The lowest BCUT2D eigenvalue weighted by atomic mass is 10.1. The first kappa shape index (κ1) is 9.46. The van der Waals surface area contributed by atoms with Crippen LogP contribution in [0.2, 0.25) is 0 Å². The number of carbonyl (C=O) groups excluding carboxylic acids is 1. The molecule has 0 fully saturated rings. The fourth-order valence-corrected chi connectivity index (χ4v) is 2.42. The van der Waals surface area contributed by atoms with E-state index in [1.54, 1.807) is 0 Å². The Morgan fingerprint density at radius 1 is 1.57 bits per heavy atom. The Hall–Kier alpha value is -1.09. The monoisotopic (exact) mass is 207 g/mol. The van der Waals surface area contributed by atoms with Gasteiger partial charge in [0.1, 0.15) is 0 Å². The Bertz CT molecular complexity index is 367. The lowest BCUT2D eigenvalue weighted by Gasteiger charge is -2.27. The molecule has 74 valence electrons. The maximum Gasteiger partial charge on any atom is 0.160 e. The second kappa shape index (κ2) is 3.96. The molecule has 0 unspecified atom stereocenters. The van der Waals surface area contributed by atoms with Crippen molar-refractivity contribution >= 4 is 23.3 Å². The molecule has 0 radical (unpaired) electrons. The molecule has 0 saturated carbocycles. The van der Waals surface area contributed by atoms with Gasteiger partial charge in [-0.15, -0.1) is 11.3 Å². The fourth-order valence-electron chi connectivity index (χ4n) is 1.70. The van der Waals surface area contributed by atoms with Crippen LogP contribution in [0.15, 0.2) is 23.1 Å². The SMILES string of the molecule is CC1=CCCN(c2csc(C=O)c2)C1. The van der Waals surface area contributed by atoms with Crippen molar-refractivity contribution in [1.82, 2.24) is 0 Å². The maximum absolute atomic E-state index is 10.5. The molecule has 3 heteroatoms. The first-order chi connectivity index (χ1) is 6.79. The van der Waals surface area contributed by atoms with Gasteiger partial charge in [-0.05, 0) is 19.4 Å². The van der Waals surface area contributed by atoms with Crippen LogP contribution in [0.1, 0.15) is 23.0 Å². The summed E-state index contributed by atoms with van der Waals surface area (Å²) in [5.41, 5.74) is 2.60. The molecular weight excluding hydrogens is 194 g/mol. The minimum Gasteiger partial charge on any atom is -0.367 e. The lowest BCUT2D eigenvalue weighted by Crippen LogP contribution is -2.28. The zero-order valence-electron chi connectivity index (χ0n) is 8.19. The molecule has 14 heavy (non-hydrogen) atoms. The van der Waals surface area contributed by atoms with Gasteiger partial charge in [-0.2, -0.15) is 0 Å². The van der Waals surface area contributed by atoms with Crippen molar-refractivity contribution < 1.29 is 4.79 Å². The van der Waals surface area contributed by atoms with Crippen LogP contribution in [0.5, 0.6) is 0 Å². The summed E-state index contributed by atoms with van der Waals surface area (Å²) in [4.78, 5) is 13.7. The molecule has 0 atom stereocenters. The Morgan fingerprint density at radius 2 is 2.43 bits per heavy atom. The highest BCUT2D eigenvalue weighted by Gasteiger charge is 2.11. The van der Waals surface area contributed by atoms with E-state index < -0.39 is 0 Å². The molecule has 1 aliphatic rings. The molecule has 2 heterocycles. The van der Waals surface area contributed by atoms with Gasteiger partial charge in [-0.3, -0.25) is 4.79 Å². The van der Waals surface area contributed by atoms with Gasteiger partial charge in [0.2, 0.25) is 0 Å². The molecule has 1 aromatic rings. The number of rotatable bonds is 2. The standard InChI is InChI=1S/C11H13NOS/c1-9-3-2-4-12(6-9)10-5-11(7-13)14-8-10/h3,5,7-8H,2,4,6H2,1H3. The van der Waals surface area contributed by atoms with Gasteiger partial charge in [-0.25, -0.2) is 0 Å². The first-order valence-electron chi connectivity index (χ1n) is 4.74. The van der Waals surface area contributed by atoms with Gasteiger partial charge in [0.15, 0.2) is 6.29 Å². The molecule has 1 aromatic heterocycles. The lowest BCUT2D eigenvalue weighted by molar-refractivity contribution is 0.112. The molecule has 2 nitrogen and oxygen atoms in total. The molecule has 0 amide bonds. The summed E-state index contributed by atoms with van der Waals surface area (Å²) in [5.74, 6) is 0. The molecule has 2 rings (SSSR count). The quantitative estimate of drug-likeness (QED) is 0.549. The van der Waals surface area contributed by atoms with Crippen molar-refractivity contribution in [3.05, 3.63) is 28.0 Å². The van der Waals surface area contributed by atoms with E-state index in [9.17, 15) is 4.79 Å². The molecule has 0 aliphatic carbocycles. The second-order valence-corrected chi connectivity index (χ2v) is 4.53. The average Bonchev–Trinajstić information content (AvgIpc) is 2.66. The van der Waals surface area contributed by atoms with E-state index in [1.165, 1.54) is 22.6 Å². The Balaban J connectivity index is 2.15. The minimum atomic E-state index is 0.812. The summed E-state index contributed by atoms with van der Waals surface area (Å²) >= 11 is 1.52. The molecule has 1 aliphatic heterocycles. The van der Waals surface area contributed by atoms with Gasteiger partial charge in [0.05, 0.1) is 4.88 Å². The number of anilines is 1. The normalized spacial score (nSPS) is 16.6. The van der Waals surface area contributed by atoms with Crippen LogP contribution >= 0.6 is 11.3 Å². The maximum atomic E-state index is 10.5. The second-order valence-electron chi connectivity index (χ2n) is 3.59. The molecule has 0 saturated heterocycles. The van der Waals surface area contributed by atoms with Gasteiger partial charge in [0.25, 0.3) is 0 Å². The smallest absolute Gasteiger partial charge is 0.160 e. The summed E-state index contributed by atoms with van der Waals surface area (Å²) in [5, 5.41) is 2.06. The van der Waals surface area contributed by atoms with Crippen molar-refractivity contribution in [3.8, 4) is 0 Å².